The van der Waals surface area contributed by atoms with Crippen LogP contribution in [0.3, 0.4) is 0 Å². The summed E-state index contributed by atoms with van der Waals surface area (Å²) >= 11 is 1.14. The molecular weight excluding hydrogens is 298 g/mol. The Morgan fingerprint density at radius 3 is 2.91 bits per heavy atom. The monoisotopic (exact) mass is 317 g/mol. The molecule has 0 unspecified atom stereocenters. The standard InChI is InChI=1S/C16H19N3O2S/c1-10-4-6-11(7-5-10)14-13(17)15(22-19-14)16(20)18-9-12-3-2-8-21-12/h4-7,12H,2-3,8-9,17H2,1H3,(H,18,20)/t12-/m0/s1. The molecule has 0 bridgehead atoms. The van der Waals surface area contributed by atoms with E-state index >= 15 is 0 Å². The van der Waals surface area contributed by atoms with Crippen LogP contribution in [-0.2, 0) is 4.74 Å². The van der Waals surface area contributed by atoms with Crippen molar-refractivity contribution in [3.05, 3.63) is 34.7 Å². The van der Waals surface area contributed by atoms with Crippen LogP contribution in [-0.4, -0.2) is 29.5 Å². The van der Waals surface area contributed by atoms with Gasteiger partial charge in [0.15, 0.2) is 0 Å². The SMILES string of the molecule is Cc1ccc(-c2nsc(C(=O)NC[C@@H]3CCCO3)c2N)cc1. The minimum atomic E-state index is -0.177. The van der Waals surface area contributed by atoms with Crippen LogP contribution in [0.2, 0.25) is 0 Å². The first-order valence-corrected chi connectivity index (χ1v) is 8.14. The van der Waals surface area contributed by atoms with E-state index in [0.29, 0.717) is 22.8 Å². The van der Waals surface area contributed by atoms with E-state index in [1.54, 1.807) is 0 Å². The van der Waals surface area contributed by atoms with Gasteiger partial charge in [-0.25, -0.2) is 0 Å². The molecule has 1 aliphatic rings. The van der Waals surface area contributed by atoms with E-state index < -0.39 is 0 Å². The van der Waals surface area contributed by atoms with Crippen LogP contribution in [0.4, 0.5) is 5.69 Å². The van der Waals surface area contributed by atoms with Gasteiger partial charge < -0.3 is 15.8 Å². The number of nitrogens with one attached hydrogen (secondary N) is 1. The van der Waals surface area contributed by atoms with Crippen molar-refractivity contribution in [2.24, 2.45) is 0 Å². The molecule has 22 heavy (non-hydrogen) atoms. The molecule has 0 radical (unpaired) electrons. The van der Waals surface area contributed by atoms with Crippen LogP contribution < -0.4 is 11.1 Å². The maximum Gasteiger partial charge on any atom is 0.265 e. The first kappa shape index (κ1) is 15.0. The highest BCUT2D eigenvalue weighted by Gasteiger charge is 2.21. The Labute approximate surface area is 133 Å². The molecule has 3 rings (SSSR count). The lowest BCUT2D eigenvalue weighted by Crippen LogP contribution is -2.31. The molecular formula is C16H19N3O2S. The van der Waals surface area contributed by atoms with Crippen LogP contribution in [0.1, 0.15) is 28.1 Å². The van der Waals surface area contributed by atoms with E-state index in [0.717, 1.165) is 36.5 Å². The van der Waals surface area contributed by atoms with Gasteiger partial charge in [-0.3, -0.25) is 4.79 Å². The molecule has 1 fully saturated rings. The van der Waals surface area contributed by atoms with Gasteiger partial charge >= 0.3 is 0 Å². The minimum Gasteiger partial charge on any atom is -0.396 e. The van der Waals surface area contributed by atoms with Crippen molar-refractivity contribution in [1.82, 2.24) is 9.69 Å². The van der Waals surface area contributed by atoms with E-state index in [2.05, 4.69) is 9.69 Å². The summed E-state index contributed by atoms with van der Waals surface area (Å²) in [4.78, 5) is 12.7. The van der Waals surface area contributed by atoms with Gasteiger partial charge in [0.05, 0.1) is 11.8 Å². The summed E-state index contributed by atoms with van der Waals surface area (Å²) in [5.41, 5.74) is 9.33. The van der Waals surface area contributed by atoms with Crippen molar-refractivity contribution >= 4 is 23.1 Å². The Kier molecular flexibility index (Phi) is 4.40. The lowest BCUT2D eigenvalue weighted by atomic mass is 10.1. The number of rotatable bonds is 4. The van der Waals surface area contributed by atoms with Crippen molar-refractivity contribution < 1.29 is 9.53 Å². The summed E-state index contributed by atoms with van der Waals surface area (Å²) in [5, 5.41) is 2.88. The average molecular weight is 317 g/mol. The molecule has 5 nitrogen and oxygen atoms in total. The molecule has 3 N–H and O–H groups in total. The van der Waals surface area contributed by atoms with E-state index in [4.69, 9.17) is 10.5 Å². The second kappa shape index (κ2) is 6.46. The zero-order valence-corrected chi connectivity index (χ0v) is 13.3. The predicted molar refractivity (Wildman–Crippen MR) is 88.0 cm³/mol. The molecule has 1 aromatic carbocycles. The maximum atomic E-state index is 12.2. The fraction of sp³-hybridized carbons (Fsp3) is 0.375. The molecule has 6 heteroatoms. The molecule has 1 aromatic heterocycles. The molecule has 116 valence electrons. The van der Waals surface area contributed by atoms with Crippen LogP contribution >= 0.6 is 11.5 Å². The van der Waals surface area contributed by atoms with Crippen LogP contribution in [0.25, 0.3) is 11.3 Å². The summed E-state index contributed by atoms with van der Waals surface area (Å²) in [6, 6.07) is 7.94. The Hall–Kier alpha value is -1.92. The van der Waals surface area contributed by atoms with Crippen LogP contribution in [0, 0.1) is 6.92 Å². The summed E-state index contributed by atoms with van der Waals surface area (Å²) in [7, 11) is 0. The Morgan fingerprint density at radius 1 is 1.45 bits per heavy atom. The first-order chi connectivity index (χ1) is 10.6. The number of nitrogens with two attached hydrogens (primary N) is 1. The molecule has 2 aromatic rings. The number of hydrogen-bond donors (Lipinski definition) is 2. The fourth-order valence-electron chi connectivity index (χ4n) is 2.47. The van der Waals surface area contributed by atoms with Gasteiger partial charge in [0, 0.05) is 18.7 Å². The van der Waals surface area contributed by atoms with Gasteiger partial charge in [0.25, 0.3) is 5.91 Å². The van der Waals surface area contributed by atoms with E-state index in [1.807, 2.05) is 31.2 Å². The van der Waals surface area contributed by atoms with E-state index in [1.165, 1.54) is 5.56 Å². The van der Waals surface area contributed by atoms with Gasteiger partial charge in [0.2, 0.25) is 0 Å². The quantitative estimate of drug-likeness (QED) is 0.908. The molecule has 1 saturated heterocycles. The Bertz CT molecular complexity index is 661. The lowest BCUT2D eigenvalue weighted by Gasteiger charge is -2.10. The largest absolute Gasteiger partial charge is 0.396 e. The Balaban J connectivity index is 1.72. The third-order valence-corrected chi connectivity index (χ3v) is 4.64. The number of amides is 1. The number of hydrogen-bond acceptors (Lipinski definition) is 5. The average Bonchev–Trinajstić information content (AvgIpc) is 3.15. The number of aryl methyl sites for hydroxylation is 1. The number of benzene rings is 1. The number of carbonyl (C=O) groups excluding carboxylic acids is 1. The first-order valence-electron chi connectivity index (χ1n) is 7.37. The second-order valence-corrected chi connectivity index (χ2v) is 6.26. The van der Waals surface area contributed by atoms with Crippen molar-refractivity contribution in [3.63, 3.8) is 0 Å². The highest BCUT2D eigenvalue weighted by Crippen LogP contribution is 2.30. The second-order valence-electron chi connectivity index (χ2n) is 5.49. The highest BCUT2D eigenvalue weighted by molar-refractivity contribution is 7.09. The van der Waals surface area contributed by atoms with Gasteiger partial charge in [-0.15, -0.1) is 0 Å². The third-order valence-electron chi connectivity index (χ3n) is 3.77. The molecule has 1 atom stereocenters. The maximum absolute atomic E-state index is 12.2. The fourth-order valence-corrected chi connectivity index (χ4v) is 3.21. The van der Waals surface area contributed by atoms with Crippen LogP contribution in [0.15, 0.2) is 24.3 Å². The summed E-state index contributed by atoms with van der Waals surface area (Å²) in [6.07, 6.45) is 2.17. The zero-order chi connectivity index (χ0) is 15.5. The highest BCUT2D eigenvalue weighted by atomic mass is 32.1. The molecule has 0 saturated carbocycles. The summed E-state index contributed by atoms with van der Waals surface area (Å²) in [5.74, 6) is -0.177. The van der Waals surface area contributed by atoms with Gasteiger partial charge in [-0.05, 0) is 31.3 Å². The summed E-state index contributed by atoms with van der Waals surface area (Å²) in [6.45, 7) is 3.33. The van der Waals surface area contributed by atoms with Gasteiger partial charge in [0.1, 0.15) is 10.6 Å². The van der Waals surface area contributed by atoms with E-state index in [9.17, 15) is 4.79 Å². The minimum absolute atomic E-state index is 0.120. The predicted octanol–water partition coefficient (Wildman–Crippen LogP) is 2.61. The third kappa shape index (κ3) is 3.13. The topological polar surface area (TPSA) is 77.2 Å². The summed E-state index contributed by atoms with van der Waals surface area (Å²) < 4.78 is 9.84. The number of anilines is 1. The number of nitrogen functional groups attached to an aromatic ring is 1. The smallest absolute Gasteiger partial charge is 0.265 e. The van der Waals surface area contributed by atoms with E-state index in [-0.39, 0.29) is 12.0 Å². The molecule has 0 spiro atoms. The number of nitrogens with zero attached hydrogens (tertiary/aromatic N) is 1. The van der Waals surface area contributed by atoms with Crippen LogP contribution in [0.5, 0.6) is 0 Å². The molecule has 1 amide bonds. The lowest BCUT2D eigenvalue weighted by molar-refractivity contribution is 0.0861. The van der Waals surface area contributed by atoms with Crippen molar-refractivity contribution in [2.45, 2.75) is 25.9 Å². The molecule has 2 heterocycles. The number of ether oxygens (including phenoxy) is 1. The van der Waals surface area contributed by atoms with Crippen molar-refractivity contribution in [1.29, 1.82) is 0 Å². The normalized spacial score (nSPS) is 17.6. The number of aromatic nitrogens is 1. The van der Waals surface area contributed by atoms with Crippen molar-refractivity contribution in [2.75, 3.05) is 18.9 Å². The van der Waals surface area contributed by atoms with Gasteiger partial charge in [-0.2, -0.15) is 4.37 Å². The molecule has 1 aliphatic heterocycles. The molecule has 0 aliphatic carbocycles. The van der Waals surface area contributed by atoms with Gasteiger partial charge in [-0.1, -0.05) is 29.8 Å². The number of carbonyl (C=O) groups is 1. The zero-order valence-electron chi connectivity index (χ0n) is 12.5. The van der Waals surface area contributed by atoms with Crippen molar-refractivity contribution in [3.8, 4) is 11.3 Å². The Morgan fingerprint density at radius 2 is 2.23 bits per heavy atom.